The van der Waals surface area contributed by atoms with Gasteiger partial charge in [0.15, 0.2) is 0 Å². The fourth-order valence-electron chi connectivity index (χ4n) is 2.56. The van der Waals surface area contributed by atoms with Gasteiger partial charge in [-0.1, -0.05) is 45.0 Å². The molecule has 0 aliphatic rings. The minimum absolute atomic E-state index is 0.245. The van der Waals surface area contributed by atoms with Gasteiger partial charge >= 0.3 is 0 Å². The summed E-state index contributed by atoms with van der Waals surface area (Å²) in [7, 11) is 0. The molecule has 0 aliphatic carbocycles. The smallest absolute Gasteiger partial charge is 0.0577 e. The number of rotatable bonds is 6. The predicted octanol–water partition coefficient (Wildman–Crippen LogP) is 3.98. The van der Waals surface area contributed by atoms with Crippen LogP contribution in [-0.4, -0.2) is 11.5 Å². The maximum Gasteiger partial charge on any atom is 0.0577 e. The highest BCUT2D eigenvalue weighted by molar-refractivity contribution is 5.33. The molecule has 2 heteroatoms. The molecule has 0 bridgehead atoms. The van der Waals surface area contributed by atoms with E-state index < -0.39 is 0 Å². The molecule has 1 atom stereocenters. The molecule has 1 N–H and O–H groups in total. The van der Waals surface area contributed by atoms with Crippen molar-refractivity contribution in [3.8, 4) is 0 Å². The first kappa shape index (κ1) is 14.7. The van der Waals surface area contributed by atoms with E-state index >= 15 is 0 Å². The third-order valence-electron chi connectivity index (χ3n) is 3.38. The Bertz CT molecular complexity index is 520. The van der Waals surface area contributed by atoms with E-state index in [1.165, 1.54) is 16.7 Å². The van der Waals surface area contributed by atoms with Gasteiger partial charge in [-0.15, -0.1) is 0 Å². The predicted molar refractivity (Wildman–Crippen MR) is 84.7 cm³/mol. The van der Waals surface area contributed by atoms with Crippen LogP contribution in [-0.2, 0) is 6.42 Å². The fourth-order valence-corrected chi connectivity index (χ4v) is 2.56. The van der Waals surface area contributed by atoms with Crippen molar-refractivity contribution >= 4 is 0 Å². The summed E-state index contributed by atoms with van der Waals surface area (Å²) >= 11 is 0. The standard InChI is InChI=1S/C18H24N2/c1-4-20-18(16-8-10-19-11-9-16)17-7-5-6-15(13-17)12-14(2)3/h5-11,13-14,18,20H,4,12H2,1-3H3. The Morgan fingerprint density at radius 1 is 1.05 bits per heavy atom. The number of nitrogens with zero attached hydrogens (tertiary/aromatic N) is 1. The summed E-state index contributed by atoms with van der Waals surface area (Å²) in [6, 6.07) is 13.3. The molecule has 1 unspecified atom stereocenters. The van der Waals surface area contributed by atoms with Gasteiger partial charge in [0.1, 0.15) is 0 Å². The van der Waals surface area contributed by atoms with Crippen LogP contribution in [0.4, 0.5) is 0 Å². The summed E-state index contributed by atoms with van der Waals surface area (Å²) in [5, 5.41) is 3.57. The van der Waals surface area contributed by atoms with Crippen molar-refractivity contribution in [2.24, 2.45) is 5.92 Å². The van der Waals surface area contributed by atoms with Gasteiger partial charge in [0.2, 0.25) is 0 Å². The van der Waals surface area contributed by atoms with E-state index in [0.29, 0.717) is 5.92 Å². The van der Waals surface area contributed by atoms with Crippen LogP contribution in [0.15, 0.2) is 48.8 Å². The zero-order chi connectivity index (χ0) is 14.4. The molecule has 0 aliphatic heterocycles. The third-order valence-corrected chi connectivity index (χ3v) is 3.38. The lowest BCUT2D eigenvalue weighted by atomic mass is 9.95. The largest absolute Gasteiger partial charge is 0.307 e. The van der Waals surface area contributed by atoms with Crippen LogP contribution >= 0.6 is 0 Å². The first-order chi connectivity index (χ1) is 9.70. The second kappa shape index (κ2) is 7.20. The van der Waals surface area contributed by atoms with E-state index in [-0.39, 0.29) is 6.04 Å². The molecule has 0 amide bonds. The summed E-state index contributed by atoms with van der Waals surface area (Å²) in [6.45, 7) is 7.61. The number of hydrogen-bond donors (Lipinski definition) is 1. The minimum Gasteiger partial charge on any atom is -0.307 e. The summed E-state index contributed by atoms with van der Waals surface area (Å²) in [5.74, 6) is 0.684. The van der Waals surface area contributed by atoms with Gasteiger partial charge in [-0.3, -0.25) is 4.98 Å². The second-order valence-corrected chi connectivity index (χ2v) is 5.61. The Morgan fingerprint density at radius 3 is 2.45 bits per heavy atom. The van der Waals surface area contributed by atoms with Gasteiger partial charge in [0.05, 0.1) is 6.04 Å². The number of aromatic nitrogens is 1. The van der Waals surface area contributed by atoms with E-state index in [2.05, 4.69) is 67.5 Å². The van der Waals surface area contributed by atoms with Crippen LogP contribution in [0.1, 0.15) is 43.5 Å². The zero-order valence-corrected chi connectivity index (χ0v) is 12.6. The van der Waals surface area contributed by atoms with Crippen molar-refractivity contribution in [1.82, 2.24) is 10.3 Å². The van der Waals surface area contributed by atoms with Crippen LogP contribution in [0.3, 0.4) is 0 Å². The molecule has 2 aromatic rings. The van der Waals surface area contributed by atoms with Crippen LogP contribution in [0.25, 0.3) is 0 Å². The first-order valence-corrected chi connectivity index (χ1v) is 7.42. The van der Waals surface area contributed by atoms with Crippen LogP contribution in [0.5, 0.6) is 0 Å². The maximum absolute atomic E-state index is 4.11. The van der Waals surface area contributed by atoms with Gasteiger partial charge in [0, 0.05) is 12.4 Å². The summed E-state index contributed by atoms with van der Waals surface area (Å²) in [4.78, 5) is 4.11. The number of pyridine rings is 1. The Labute approximate surface area is 122 Å². The number of hydrogen-bond acceptors (Lipinski definition) is 2. The second-order valence-electron chi connectivity index (χ2n) is 5.61. The zero-order valence-electron chi connectivity index (χ0n) is 12.6. The van der Waals surface area contributed by atoms with Crippen LogP contribution in [0, 0.1) is 5.92 Å². The Balaban J connectivity index is 2.30. The molecule has 1 aromatic carbocycles. The molecule has 1 aromatic heterocycles. The lowest BCUT2D eigenvalue weighted by Gasteiger charge is -2.20. The Kier molecular flexibility index (Phi) is 5.31. The van der Waals surface area contributed by atoms with Gasteiger partial charge in [0.25, 0.3) is 0 Å². The lowest BCUT2D eigenvalue weighted by Crippen LogP contribution is -2.22. The van der Waals surface area contributed by atoms with E-state index in [0.717, 1.165) is 13.0 Å². The number of nitrogens with one attached hydrogen (secondary N) is 1. The molecule has 1 heterocycles. The van der Waals surface area contributed by atoms with Crippen LogP contribution < -0.4 is 5.32 Å². The van der Waals surface area contributed by atoms with E-state index in [9.17, 15) is 0 Å². The molecular formula is C18H24N2. The minimum atomic E-state index is 0.245. The summed E-state index contributed by atoms with van der Waals surface area (Å²) in [6.07, 6.45) is 4.85. The summed E-state index contributed by atoms with van der Waals surface area (Å²) in [5.41, 5.74) is 4.01. The lowest BCUT2D eigenvalue weighted by molar-refractivity contribution is 0.623. The highest BCUT2D eigenvalue weighted by Crippen LogP contribution is 2.23. The molecule has 0 saturated carbocycles. The van der Waals surface area contributed by atoms with Crippen molar-refractivity contribution in [2.75, 3.05) is 6.54 Å². The van der Waals surface area contributed by atoms with E-state index in [4.69, 9.17) is 0 Å². The van der Waals surface area contributed by atoms with Crippen molar-refractivity contribution in [2.45, 2.75) is 33.2 Å². The Hall–Kier alpha value is -1.67. The first-order valence-electron chi connectivity index (χ1n) is 7.42. The van der Waals surface area contributed by atoms with Crippen molar-refractivity contribution in [3.63, 3.8) is 0 Å². The maximum atomic E-state index is 4.11. The molecule has 2 rings (SSSR count). The summed E-state index contributed by atoms with van der Waals surface area (Å²) < 4.78 is 0. The van der Waals surface area contributed by atoms with Crippen molar-refractivity contribution < 1.29 is 0 Å². The van der Waals surface area contributed by atoms with Crippen molar-refractivity contribution in [3.05, 3.63) is 65.5 Å². The molecule has 2 nitrogen and oxygen atoms in total. The highest BCUT2D eigenvalue weighted by Gasteiger charge is 2.13. The molecular weight excluding hydrogens is 244 g/mol. The average Bonchev–Trinajstić information content (AvgIpc) is 2.45. The van der Waals surface area contributed by atoms with E-state index in [1.807, 2.05) is 12.4 Å². The van der Waals surface area contributed by atoms with Crippen LogP contribution in [0.2, 0.25) is 0 Å². The SMILES string of the molecule is CCNC(c1ccncc1)c1cccc(CC(C)C)c1. The topological polar surface area (TPSA) is 24.9 Å². The normalized spacial score (nSPS) is 12.6. The Morgan fingerprint density at radius 2 is 1.80 bits per heavy atom. The van der Waals surface area contributed by atoms with Gasteiger partial charge in [-0.05, 0) is 47.7 Å². The molecule has 0 radical (unpaired) electrons. The molecule has 0 saturated heterocycles. The van der Waals surface area contributed by atoms with E-state index in [1.54, 1.807) is 0 Å². The molecule has 0 fully saturated rings. The average molecular weight is 268 g/mol. The van der Waals surface area contributed by atoms with Gasteiger partial charge in [-0.25, -0.2) is 0 Å². The number of benzene rings is 1. The monoisotopic (exact) mass is 268 g/mol. The molecule has 0 spiro atoms. The third kappa shape index (κ3) is 3.91. The fraction of sp³-hybridized carbons (Fsp3) is 0.389. The van der Waals surface area contributed by atoms with Gasteiger partial charge in [-0.2, -0.15) is 0 Å². The highest BCUT2D eigenvalue weighted by atomic mass is 14.9. The quantitative estimate of drug-likeness (QED) is 0.857. The molecule has 20 heavy (non-hydrogen) atoms. The van der Waals surface area contributed by atoms with Crippen molar-refractivity contribution in [1.29, 1.82) is 0 Å². The van der Waals surface area contributed by atoms with Gasteiger partial charge < -0.3 is 5.32 Å². The molecule has 106 valence electrons.